The number of hydrogen-bond donors (Lipinski definition) is 1. The highest BCUT2D eigenvalue weighted by Crippen LogP contribution is 2.77. The molecule has 1 amide bonds. The van der Waals surface area contributed by atoms with Gasteiger partial charge in [-0.2, -0.15) is 0 Å². The molecule has 0 aromatic rings. The summed E-state index contributed by atoms with van der Waals surface area (Å²) in [6.45, 7) is 24.9. The van der Waals surface area contributed by atoms with E-state index in [0.29, 0.717) is 41.9 Å². The maximum atomic E-state index is 14.3. The van der Waals surface area contributed by atoms with Crippen LogP contribution < -0.4 is 5.32 Å². The van der Waals surface area contributed by atoms with Gasteiger partial charge in [0.15, 0.2) is 0 Å². The van der Waals surface area contributed by atoms with Crippen molar-refractivity contribution in [3.63, 3.8) is 0 Å². The van der Waals surface area contributed by atoms with Gasteiger partial charge >= 0.3 is 11.9 Å². The van der Waals surface area contributed by atoms with Crippen molar-refractivity contribution in [3.05, 3.63) is 0 Å². The lowest BCUT2D eigenvalue weighted by Gasteiger charge is -2.73. The maximum Gasteiger partial charge on any atom is 0.325 e. The number of nitrogens with one attached hydrogen (secondary N) is 1. The van der Waals surface area contributed by atoms with Gasteiger partial charge in [0.05, 0.1) is 5.41 Å². The van der Waals surface area contributed by atoms with Crippen molar-refractivity contribution in [3.8, 4) is 0 Å². The predicted octanol–water partition coefficient (Wildman–Crippen LogP) is 8.89. The van der Waals surface area contributed by atoms with E-state index >= 15 is 0 Å². The van der Waals surface area contributed by atoms with Gasteiger partial charge in [-0.15, -0.1) is 0 Å². The molecule has 0 radical (unpaired) electrons. The second-order valence-electron chi connectivity index (χ2n) is 19.2. The van der Waals surface area contributed by atoms with Crippen molar-refractivity contribution in [1.82, 2.24) is 5.32 Å². The fourth-order valence-corrected chi connectivity index (χ4v) is 13.1. The quantitative estimate of drug-likeness (QED) is 0.281. The van der Waals surface area contributed by atoms with Gasteiger partial charge in [-0.1, -0.05) is 55.4 Å². The Morgan fingerprint density at radius 3 is 2.13 bits per heavy atom. The Hall–Kier alpha value is -1.59. The van der Waals surface area contributed by atoms with Gasteiger partial charge in [0, 0.05) is 11.8 Å². The molecule has 1 N–H and O–H groups in total. The van der Waals surface area contributed by atoms with Crippen molar-refractivity contribution in [2.75, 3.05) is 6.54 Å². The molecule has 0 saturated heterocycles. The third-order valence-corrected chi connectivity index (χ3v) is 15.3. The molecule has 1 unspecified atom stereocenters. The maximum absolute atomic E-state index is 14.3. The summed E-state index contributed by atoms with van der Waals surface area (Å²) >= 11 is 0. The van der Waals surface area contributed by atoms with Crippen LogP contribution in [0.15, 0.2) is 0 Å². The Morgan fingerprint density at radius 2 is 1.50 bits per heavy atom. The molecule has 262 valence electrons. The molecule has 0 aliphatic heterocycles. The van der Waals surface area contributed by atoms with Crippen LogP contribution in [-0.4, -0.2) is 36.1 Å². The lowest BCUT2D eigenvalue weighted by atomic mass is 9.32. The molecular weight excluding hydrogens is 574 g/mol. The number of carbonyl (C=O) groups is 3. The van der Waals surface area contributed by atoms with E-state index in [9.17, 15) is 14.4 Å². The molecule has 0 spiro atoms. The zero-order chi connectivity index (χ0) is 34.1. The van der Waals surface area contributed by atoms with Crippen molar-refractivity contribution < 1.29 is 23.9 Å². The SMILES string of the molecule is CCCC(=O)O[C@H]1CC[C@]2(C)[C@H]3CCC4[C@@H]5[C@H](C(C)C)CC[C@]5(C(=O)NCC(=O)OC(C)(C)C)CC[C@@]4(C)[C@]3(C)CC[C@H]2C1(C)C. The summed E-state index contributed by atoms with van der Waals surface area (Å²) in [4.78, 5) is 39.5. The van der Waals surface area contributed by atoms with Gasteiger partial charge in [-0.3, -0.25) is 14.4 Å². The van der Waals surface area contributed by atoms with Gasteiger partial charge in [-0.05, 0) is 143 Å². The van der Waals surface area contributed by atoms with Crippen LogP contribution in [0, 0.1) is 62.6 Å². The van der Waals surface area contributed by atoms with E-state index in [-0.39, 0.29) is 52.2 Å². The highest BCUT2D eigenvalue weighted by Gasteiger charge is 2.72. The lowest BCUT2D eigenvalue weighted by molar-refractivity contribution is -0.250. The number of fused-ring (bicyclic) bond motifs is 7. The molecule has 0 aromatic carbocycles. The Balaban J connectivity index is 1.42. The minimum absolute atomic E-state index is 0.000634. The normalized spacial score (nSPS) is 43.0. The van der Waals surface area contributed by atoms with E-state index in [2.05, 4.69) is 53.8 Å². The van der Waals surface area contributed by atoms with E-state index in [0.717, 1.165) is 44.9 Å². The van der Waals surface area contributed by atoms with Gasteiger partial charge in [0.2, 0.25) is 5.91 Å². The standard InChI is InChI=1S/C40H67NO5/c1-12-13-31(42)45-30-18-19-37(9)28(36(30,7)8)17-20-39(11)29(37)15-14-27-33-26(25(2)3)16-21-40(33,23-22-38(27,39)10)34(44)41-24-32(43)46-35(4,5)6/h25-30,33H,12-24H2,1-11H3,(H,41,44)/t26-,27?,28-,29+,30-,33-,37-,38+,39+,40-/m0/s1. The first-order valence-electron chi connectivity index (χ1n) is 19.0. The summed E-state index contributed by atoms with van der Waals surface area (Å²) in [7, 11) is 0. The van der Waals surface area contributed by atoms with E-state index in [4.69, 9.17) is 9.47 Å². The van der Waals surface area contributed by atoms with Crippen molar-refractivity contribution >= 4 is 17.8 Å². The molecule has 5 rings (SSSR count). The number of carbonyl (C=O) groups excluding carboxylic acids is 3. The highest BCUT2D eigenvalue weighted by atomic mass is 16.6. The smallest absolute Gasteiger partial charge is 0.325 e. The lowest BCUT2D eigenvalue weighted by Crippen LogP contribution is -2.67. The zero-order valence-corrected chi connectivity index (χ0v) is 31.3. The molecule has 46 heavy (non-hydrogen) atoms. The van der Waals surface area contributed by atoms with E-state index < -0.39 is 11.0 Å². The third-order valence-electron chi connectivity index (χ3n) is 15.3. The molecule has 6 heteroatoms. The largest absolute Gasteiger partial charge is 0.462 e. The zero-order valence-electron chi connectivity index (χ0n) is 31.3. The Bertz CT molecular complexity index is 1190. The van der Waals surface area contributed by atoms with Gasteiger partial charge in [-0.25, -0.2) is 0 Å². The summed E-state index contributed by atoms with van der Waals surface area (Å²) < 4.78 is 11.7. The van der Waals surface area contributed by atoms with Crippen LogP contribution in [0.4, 0.5) is 0 Å². The molecule has 5 fully saturated rings. The number of rotatable bonds is 7. The summed E-state index contributed by atoms with van der Waals surface area (Å²) in [6, 6.07) is 0. The molecule has 0 heterocycles. The van der Waals surface area contributed by atoms with Gasteiger partial charge < -0.3 is 14.8 Å². The first-order chi connectivity index (χ1) is 21.3. The average molecular weight is 642 g/mol. The van der Waals surface area contributed by atoms with E-state index in [1.165, 1.54) is 25.7 Å². The van der Waals surface area contributed by atoms with Crippen LogP contribution in [0.25, 0.3) is 0 Å². The summed E-state index contributed by atoms with van der Waals surface area (Å²) in [6.07, 6.45) is 12.2. The second-order valence-corrected chi connectivity index (χ2v) is 19.2. The minimum Gasteiger partial charge on any atom is -0.462 e. The fourth-order valence-electron chi connectivity index (χ4n) is 13.1. The Kier molecular flexibility index (Phi) is 9.37. The monoisotopic (exact) mass is 642 g/mol. The number of esters is 2. The third kappa shape index (κ3) is 5.56. The summed E-state index contributed by atoms with van der Waals surface area (Å²) in [5.74, 6) is 2.76. The van der Waals surface area contributed by atoms with E-state index in [1.807, 2.05) is 27.7 Å². The molecule has 0 aromatic heterocycles. The molecule has 0 bridgehead atoms. The molecule has 5 saturated carbocycles. The van der Waals surface area contributed by atoms with E-state index in [1.54, 1.807) is 0 Å². The van der Waals surface area contributed by atoms with Gasteiger partial charge in [0.1, 0.15) is 18.2 Å². The first kappa shape index (κ1) is 35.7. The van der Waals surface area contributed by atoms with Crippen LogP contribution in [0.2, 0.25) is 0 Å². The first-order valence-corrected chi connectivity index (χ1v) is 19.0. The summed E-state index contributed by atoms with van der Waals surface area (Å²) in [5.41, 5.74) is -0.430. The number of amides is 1. The molecule has 5 aliphatic carbocycles. The molecular formula is C40H67NO5. The van der Waals surface area contributed by atoms with Gasteiger partial charge in [0.25, 0.3) is 0 Å². The Morgan fingerprint density at radius 1 is 0.804 bits per heavy atom. The minimum atomic E-state index is -0.566. The number of ether oxygens (including phenoxy) is 2. The Labute approximate surface area is 280 Å². The van der Waals surface area contributed by atoms with Crippen molar-refractivity contribution in [2.45, 2.75) is 165 Å². The molecule has 5 aliphatic rings. The van der Waals surface area contributed by atoms with Crippen LogP contribution in [0.1, 0.15) is 153 Å². The fraction of sp³-hybridized carbons (Fsp3) is 0.925. The van der Waals surface area contributed by atoms with Crippen LogP contribution in [0.5, 0.6) is 0 Å². The average Bonchev–Trinajstić information content (AvgIpc) is 3.34. The topological polar surface area (TPSA) is 81.7 Å². The van der Waals surface area contributed by atoms with Crippen LogP contribution in [0.3, 0.4) is 0 Å². The number of hydrogen-bond acceptors (Lipinski definition) is 5. The highest BCUT2D eigenvalue weighted by molar-refractivity contribution is 5.87. The predicted molar refractivity (Wildman–Crippen MR) is 183 cm³/mol. The molecule has 10 atom stereocenters. The molecule has 6 nitrogen and oxygen atoms in total. The van der Waals surface area contributed by atoms with Crippen LogP contribution in [-0.2, 0) is 23.9 Å². The van der Waals surface area contributed by atoms with Crippen LogP contribution >= 0.6 is 0 Å². The second kappa shape index (κ2) is 12.1. The van der Waals surface area contributed by atoms with Crippen molar-refractivity contribution in [1.29, 1.82) is 0 Å². The summed E-state index contributed by atoms with van der Waals surface area (Å²) in [5, 5.41) is 3.10. The van der Waals surface area contributed by atoms with Crippen molar-refractivity contribution in [2.24, 2.45) is 62.6 Å².